The number of carbonyl (C=O) groups excluding carboxylic acids is 1. The number of carboxylic acid groups (broad SMARTS) is 1. The molecule has 1 fully saturated rings. The van der Waals surface area contributed by atoms with E-state index in [1.165, 1.54) is 22.8 Å². The summed E-state index contributed by atoms with van der Waals surface area (Å²) in [6, 6.07) is 14.8. The first-order valence-corrected chi connectivity index (χ1v) is 7.69. The van der Waals surface area contributed by atoms with Crippen LogP contribution in [0.3, 0.4) is 0 Å². The van der Waals surface area contributed by atoms with Gasteiger partial charge in [0.1, 0.15) is 6.54 Å². The lowest BCUT2D eigenvalue weighted by Gasteiger charge is -2.21. The number of carbonyl (C=O) groups is 1. The highest BCUT2D eigenvalue weighted by Gasteiger charge is 2.13. The molecule has 1 saturated carbocycles. The normalized spacial score (nSPS) is 15.3. The zero-order chi connectivity index (χ0) is 15.1. The van der Waals surface area contributed by atoms with E-state index in [1.54, 1.807) is 0 Å². The molecule has 0 unspecified atom stereocenters. The van der Waals surface area contributed by atoms with Crippen molar-refractivity contribution in [1.82, 2.24) is 0 Å². The molecule has 3 heteroatoms. The molecule has 2 aromatic carbocycles. The van der Waals surface area contributed by atoms with Crippen LogP contribution in [-0.2, 0) is 11.3 Å². The topological polar surface area (TPSA) is 67.8 Å². The Morgan fingerprint density at radius 3 is 2.33 bits per heavy atom. The number of fused-ring (bicyclic) bond motifs is 1. The van der Waals surface area contributed by atoms with E-state index in [9.17, 15) is 9.90 Å². The first-order chi connectivity index (χ1) is 10.2. The summed E-state index contributed by atoms with van der Waals surface area (Å²) in [5, 5.41) is 12.9. The summed E-state index contributed by atoms with van der Waals surface area (Å²) in [6.07, 6.45) is 5.01. The second kappa shape index (κ2) is 7.79. The van der Waals surface area contributed by atoms with Crippen molar-refractivity contribution in [1.29, 1.82) is 0 Å². The number of rotatable bonds is 2. The van der Waals surface area contributed by atoms with Gasteiger partial charge in [-0.3, -0.25) is 0 Å². The molecule has 3 N–H and O–H groups in total. The summed E-state index contributed by atoms with van der Waals surface area (Å²) >= 11 is 0. The third-order valence-electron chi connectivity index (χ3n) is 4.09. The van der Waals surface area contributed by atoms with Crippen molar-refractivity contribution >= 4 is 16.7 Å². The Labute approximate surface area is 125 Å². The van der Waals surface area contributed by atoms with Crippen LogP contribution in [0.4, 0.5) is 0 Å². The lowest BCUT2D eigenvalue weighted by atomic mass is 9.90. The minimum atomic E-state index is -0.852. The predicted octanol–water partition coefficient (Wildman–Crippen LogP) is 1.90. The van der Waals surface area contributed by atoms with Crippen LogP contribution < -0.4 is 10.8 Å². The molecule has 0 heterocycles. The highest BCUT2D eigenvalue weighted by molar-refractivity contribution is 5.85. The summed E-state index contributed by atoms with van der Waals surface area (Å²) in [5.41, 5.74) is 5.23. The molecule has 0 atom stereocenters. The van der Waals surface area contributed by atoms with Crippen LogP contribution in [-0.4, -0.2) is 5.97 Å². The van der Waals surface area contributed by atoms with Gasteiger partial charge in [-0.1, -0.05) is 61.7 Å². The van der Waals surface area contributed by atoms with E-state index in [2.05, 4.69) is 48.2 Å². The number of hydrogen-bond donors (Lipinski definition) is 1. The molecule has 0 aromatic heterocycles. The van der Waals surface area contributed by atoms with E-state index in [0.29, 0.717) is 0 Å². The van der Waals surface area contributed by atoms with Crippen molar-refractivity contribution in [2.45, 2.75) is 38.6 Å². The minimum Gasteiger partial charge on any atom is -0.550 e. The van der Waals surface area contributed by atoms with Crippen molar-refractivity contribution in [2.75, 3.05) is 0 Å². The van der Waals surface area contributed by atoms with Crippen molar-refractivity contribution < 1.29 is 15.6 Å². The maximum Gasteiger partial charge on any atom is 0.100 e. The summed E-state index contributed by atoms with van der Waals surface area (Å²) in [4.78, 5) is 10.2. The SMILES string of the molecule is O=C([O-])C1CCCCC1.[NH3+]Cc1cccc2ccccc12. The molecule has 2 aromatic rings. The fraction of sp³-hybridized carbons (Fsp3) is 0.389. The van der Waals surface area contributed by atoms with Gasteiger partial charge in [-0.2, -0.15) is 0 Å². The monoisotopic (exact) mass is 285 g/mol. The van der Waals surface area contributed by atoms with E-state index < -0.39 is 5.97 Å². The number of aliphatic carboxylic acids is 1. The van der Waals surface area contributed by atoms with Crippen LogP contribution >= 0.6 is 0 Å². The van der Waals surface area contributed by atoms with E-state index >= 15 is 0 Å². The average molecular weight is 285 g/mol. The molecule has 0 saturated heterocycles. The van der Waals surface area contributed by atoms with Gasteiger partial charge >= 0.3 is 0 Å². The standard InChI is InChI=1S/C11H11N.C7H12O2/c12-8-10-6-3-5-9-4-1-2-7-11(9)10;8-7(9)6-4-2-1-3-5-6/h1-7H,8,12H2;6H,1-5H2,(H,8,9). The third kappa shape index (κ3) is 4.30. The van der Waals surface area contributed by atoms with E-state index in [0.717, 1.165) is 32.2 Å². The first-order valence-electron chi connectivity index (χ1n) is 7.69. The Bertz CT molecular complexity index is 583. The lowest BCUT2D eigenvalue weighted by molar-refractivity contribution is -0.386. The molecule has 1 aliphatic carbocycles. The summed E-state index contributed by atoms with van der Waals surface area (Å²) in [5.74, 6) is -0.992. The van der Waals surface area contributed by atoms with Gasteiger partial charge in [-0.25, -0.2) is 0 Å². The van der Waals surface area contributed by atoms with Gasteiger partial charge in [0.15, 0.2) is 0 Å². The Kier molecular flexibility index (Phi) is 5.76. The molecule has 0 aliphatic heterocycles. The number of carboxylic acids is 1. The predicted molar refractivity (Wildman–Crippen MR) is 82.1 cm³/mol. The highest BCUT2D eigenvalue weighted by atomic mass is 16.4. The van der Waals surface area contributed by atoms with Gasteiger partial charge < -0.3 is 15.6 Å². The van der Waals surface area contributed by atoms with Gasteiger partial charge in [-0.05, 0) is 29.5 Å². The van der Waals surface area contributed by atoms with Crippen LogP contribution in [0.1, 0.15) is 37.7 Å². The van der Waals surface area contributed by atoms with Crippen LogP contribution in [0.2, 0.25) is 0 Å². The molecule has 3 rings (SSSR count). The van der Waals surface area contributed by atoms with E-state index in [4.69, 9.17) is 0 Å². The van der Waals surface area contributed by atoms with Gasteiger partial charge in [-0.15, -0.1) is 0 Å². The van der Waals surface area contributed by atoms with Crippen LogP contribution in [0.5, 0.6) is 0 Å². The van der Waals surface area contributed by atoms with Crippen molar-refractivity contribution in [3.8, 4) is 0 Å². The zero-order valence-corrected chi connectivity index (χ0v) is 12.4. The fourth-order valence-electron chi connectivity index (χ4n) is 2.85. The molecule has 0 bridgehead atoms. The van der Waals surface area contributed by atoms with Crippen LogP contribution in [0.15, 0.2) is 42.5 Å². The lowest BCUT2D eigenvalue weighted by Crippen LogP contribution is -2.47. The average Bonchev–Trinajstić information content (AvgIpc) is 2.55. The number of hydrogen-bond acceptors (Lipinski definition) is 2. The number of quaternary nitrogens is 1. The fourth-order valence-corrected chi connectivity index (χ4v) is 2.85. The maximum absolute atomic E-state index is 10.2. The second-order valence-corrected chi connectivity index (χ2v) is 5.54. The Morgan fingerprint density at radius 1 is 1.05 bits per heavy atom. The summed E-state index contributed by atoms with van der Waals surface area (Å²) in [6.45, 7) is 0.862. The Hall–Kier alpha value is -1.87. The summed E-state index contributed by atoms with van der Waals surface area (Å²) < 4.78 is 0. The number of benzene rings is 2. The second-order valence-electron chi connectivity index (χ2n) is 5.54. The van der Waals surface area contributed by atoms with Crippen LogP contribution in [0.25, 0.3) is 10.8 Å². The maximum atomic E-state index is 10.2. The van der Waals surface area contributed by atoms with Crippen molar-refractivity contribution in [3.63, 3.8) is 0 Å². The van der Waals surface area contributed by atoms with Gasteiger partial charge in [0.25, 0.3) is 0 Å². The zero-order valence-electron chi connectivity index (χ0n) is 12.4. The molecular weight excluding hydrogens is 262 g/mol. The first kappa shape index (κ1) is 15.5. The molecule has 3 nitrogen and oxygen atoms in total. The van der Waals surface area contributed by atoms with Crippen LogP contribution in [0, 0.1) is 5.92 Å². The van der Waals surface area contributed by atoms with E-state index in [-0.39, 0.29) is 5.92 Å². The Morgan fingerprint density at radius 2 is 1.71 bits per heavy atom. The minimum absolute atomic E-state index is 0.140. The van der Waals surface area contributed by atoms with Gasteiger partial charge in [0.05, 0.1) is 0 Å². The molecule has 0 amide bonds. The quantitative estimate of drug-likeness (QED) is 0.915. The van der Waals surface area contributed by atoms with Crippen molar-refractivity contribution in [2.24, 2.45) is 5.92 Å². The molecule has 21 heavy (non-hydrogen) atoms. The third-order valence-corrected chi connectivity index (χ3v) is 4.09. The highest BCUT2D eigenvalue weighted by Crippen LogP contribution is 2.22. The summed E-state index contributed by atoms with van der Waals surface area (Å²) in [7, 11) is 0. The molecule has 0 radical (unpaired) electrons. The van der Waals surface area contributed by atoms with Gasteiger partial charge in [0.2, 0.25) is 0 Å². The molecule has 1 aliphatic rings. The molecule has 0 spiro atoms. The molecule has 112 valence electrons. The Balaban J connectivity index is 0.000000161. The van der Waals surface area contributed by atoms with E-state index in [1.807, 2.05) is 0 Å². The largest absolute Gasteiger partial charge is 0.550 e. The molecular formula is C18H23NO2. The van der Waals surface area contributed by atoms with Gasteiger partial charge in [0, 0.05) is 11.5 Å². The smallest absolute Gasteiger partial charge is 0.100 e. The van der Waals surface area contributed by atoms with Crippen molar-refractivity contribution in [3.05, 3.63) is 48.0 Å².